The summed E-state index contributed by atoms with van der Waals surface area (Å²) in [7, 11) is 0. The molecule has 0 aliphatic heterocycles. The number of alkyl halides is 1. The summed E-state index contributed by atoms with van der Waals surface area (Å²) in [6.07, 6.45) is 2.29. The van der Waals surface area contributed by atoms with Gasteiger partial charge in [-0.2, -0.15) is 0 Å². The van der Waals surface area contributed by atoms with E-state index in [-0.39, 0.29) is 5.78 Å². The van der Waals surface area contributed by atoms with Gasteiger partial charge in [-0.1, -0.05) is 12.1 Å². The second kappa shape index (κ2) is 7.29. The summed E-state index contributed by atoms with van der Waals surface area (Å²) in [5.74, 6) is 1.53. The van der Waals surface area contributed by atoms with Crippen LogP contribution in [0.5, 0.6) is 5.75 Å². The maximum atomic E-state index is 11.8. The van der Waals surface area contributed by atoms with E-state index in [1.807, 2.05) is 25.1 Å². The van der Waals surface area contributed by atoms with Gasteiger partial charge in [0, 0.05) is 17.9 Å². The molecule has 1 rings (SSSR count). The molecule has 0 aliphatic rings. The summed E-state index contributed by atoms with van der Waals surface area (Å²) in [4.78, 5) is 11.8. The van der Waals surface area contributed by atoms with E-state index in [1.54, 1.807) is 6.07 Å². The Kier molecular flexibility index (Phi) is 5.94. The molecule has 0 unspecified atom stereocenters. The van der Waals surface area contributed by atoms with Crippen molar-refractivity contribution in [2.75, 3.05) is 12.5 Å². The highest BCUT2D eigenvalue weighted by Crippen LogP contribution is 2.15. The zero-order valence-corrected chi connectivity index (χ0v) is 10.3. The van der Waals surface area contributed by atoms with E-state index in [4.69, 9.17) is 16.3 Å². The van der Waals surface area contributed by atoms with Crippen molar-refractivity contribution < 1.29 is 9.53 Å². The topological polar surface area (TPSA) is 26.3 Å². The van der Waals surface area contributed by atoms with Crippen molar-refractivity contribution in [2.24, 2.45) is 0 Å². The highest BCUT2D eigenvalue weighted by atomic mass is 35.5. The van der Waals surface area contributed by atoms with Crippen molar-refractivity contribution in [3.63, 3.8) is 0 Å². The molecule has 2 nitrogen and oxygen atoms in total. The van der Waals surface area contributed by atoms with Crippen molar-refractivity contribution in [3.05, 3.63) is 29.8 Å². The van der Waals surface area contributed by atoms with Crippen LogP contribution in [-0.4, -0.2) is 18.3 Å². The number of hydrogen-bond acceptors (Lipinski definition) is 2. The molecule has 88 valence electrons. The van der Waals surface area contributed by atoms with Gasteiger partial charge in [0.05, 0.1) is 6.61 Å². The Labute approximate surface area is 102 Å². The standard InChI is InChI=1S/C13H17ClO2/c1-2-16-12-7-5-6-11(10-12)13(15)8-3-4-9-14/h5-7,10H,2-4,8-9H2,1H3. The molecule has 16 heavy (non-hydrogen) atoms. The summed E-state index contributed by atoms with van der Waals surface area (Å²) in [6, 6.07) is 7.33. The van der Waals surface area contributed by atoms with Crippen LogP contribution in [0.4, 0.5) is 0 Å². The summed E-state index contributed by atoms with van der Waals surface area (Å²) < 4.78 is 5.35. The molecular formula is C13H17ClO2. The lowest BCUT2D eigenvalue weighted by Gasteiger charge is -2.05. The summed E-state index contributed by atoms with van der Waals surface area (Å²) in [6.45, 7) is 2.54. The molecule has 0 amide bonds. The van der Waals surface area contributed by atoms with Gasteiger partial charge in [-0.05, 0) is 31.9 Å². The molecule has 0 aromatic heterocycles. The number of Topliss-reactive ketones (excluding diaryl/α,β-unsaturated/α-hetero) is 1. The minimum atomic E-state index is 0.159. The Morgan fingerprint density at radius 3 is 2.88 bits per heavy atom. The molecule has 0 saturated heterocycles. The average Bonchev–Trinajstić information content (AvgIpc) is 2.30. The minimum Gasteiger partial charge on any atom is -0.494 e. The molecule has 1 aromatic rings. The number of benzene rings is 1. The third-order valence-corrected chi connectivity index (χ3v) is 2.52. The van der Waals surface area contributed by atoms with E-state index in [0.29, 0.717) is 18.9 Å². The first-order valence-corrected chi connectivity index (χ1v) is 6.13. The number of hydrogen-bond donors (Lipinski definition) is 0. The molecule has 0 radical (unpaired) electrons. The van der Waals surface area contributed by atoms with Crippen LogP contribution in [0.1, 0.15) is 36.5 Å². The maximum absolute atomic E-state index is 11.8. The fourth-order valence-electron chi connectivity index (χ4n) is 1.45. The van der Waals surface area contributed by atoms with Gasteiger partial charge < -0.3 is 4.74 Å². The first-order valence-electron chi connectivity index (χ1n) is 5.60. The first-order chi connectivity index (χ1) is 7.77. The van der Waals surface area contributed by atoms with Crippen LogP contribution in [0.3, 0.4) is 0 Å². The molecule has 0 N–H and O–H groups in total. The molecule has 0 saturated carbocycles. The Balaban J connectivity index is 2.57. The van der Waals surface area contributed by atoms with E-state index >= 15 is 0 Å². The second-order valence-corrected chi connectivity index (χ2v) is 3.91. The minimum absolute atomic E-state index is 0.159. The van der Waals surface area contributed by atoms with Gasteiger partial charge in [0.15, 0.2) is 5.78 Å². The van der Waals surface area contributed by atoms with Crippen LogP contribution in [-0.2, 0) is 0 Å². The molecular weight excluding hydrogens is 224 g/mol. The van der Waals surface area contributed by atoms with Crippen LogP contribution in [0.2, 0.25) is 0 Å². The number of carbonyl (C=O) groups excluding carboxylic acids is 1. The van der Waals surface area contributed by atoms with Crippen LogP contribution in [0, 0.1) is 0 Å². The molecule has 0 heterocycles. The summed E-state index contributed by atoms with van der Waals surface area (Å²) in [5, 5.41) is 0. The van der Waals surface area contributed by atoms with Crippen molar-refractivity contribution in [3.8, 4) is 5.75 Å². The highest BCUT2D eigenvalue weighted by molar-refractivity contribution is 6.17. The van der Waals surface area contributed by atoms with E-state index in [2.05, 4.69) is 0 Å². The first kappa shape index (κ1) is 13.0. The van der Waals surface area contributed by atoms with Gasteiger partial charge >= 0.3 is 0 Å². The molecule has 0 atom stereocenters. The smallest absolute Gasteiger partial charge is 0.163 e. The van der Waals surface area contributed by atoms with E-state index in [1.165, 1.54) is 0 Å². The molecule has 3 heteroatoms. The lowest BCUT2D eigenvalue weighted by Crippen LogP contribution is -2.00. The Morgan fingerprint density at radius 2 is 2.19 bits per heavy atom. The van der Waals surface area contributed by atoms with Crippen LogP contribution >= 0.6 is 11.6 Å². The number of ether oxygens (including phenoxy) is 1. The lowest BCUT2D eigenvalue weighted by molar-refractivity contribution is 0.0979. The third-order valence-electron chi connectivity index (χ3n) is 2.25. The zero-order valence-electron chi connectivity index (χ0n) is 9.54. The van der Waals surface area contributed by atoms with Gasteiger partial charge in [-0.3, -0.25) is 4.79 Å². The highest BCUT2D eigenvalue weighted by Gasteiger charge is 2.06. The quantitative estimate of drug-likeness (QED) is 0.413. The Morgan fingerprint density at radius 1 is 1.38 bits per heavy atom. The maximum Gasteiger partial charge on any atom is 0.163 e. The number of unbranched alkanes of at least 4 members (excludes halogenated alkanes) is 1. The molecule has 0 spiro atoms. The summed E-state index contributed by atoms with van der Waals surface area (Å²) in [5.41, 5.74) is 0.723. The summed E-state index contributed by atoms with van der Waals surface area (Å²) >= 11 is 5.57. The lowest BCUT2D eigenvalue weighted by atomic mass is 10.1. The SMILES string of the molecule is CCOc1cccc(C(=O)CCCCCl)c1. The van der Waals surface area contributed by atoms with Crippen molar-refractivity contribution in [1.82, 2.24) is 0 Å². The Bertz CT molecular complexity index is 336. The van der Waals surface area contributed by atoms with Gasteiger partial charge in [0.25, 0.3) is 0 Å². The fourth-order valence-corrected chi connectivity index (χ4v) is 1.64. The van der Waals surface area contributed by atoms with Gasteiger partial charge in [-0.15, -0.1) is 11.6 Å². The predicted octanol–water partition coefficient (Wildman–Crippen LogP) is 3.68. The fraction of sp³-hybridized carbons (Fsp3) is 0.462. The van der Waals surface area contributed by atoms with E-state index in [0.717, 1.165) is 24.2 Å². The number of rotatable bonds is 7. The second-order valence-electron chi connectivity index (χ2n) is 3.53. The molecule has 0 bridgehead atoms. The zero-order chi connectivity index (χ0) is 11.8. The molecule has 0 fully saturated rings. The number of ketones is 1. The largest absolute Gasteiger partial charge is 0.494 e. The number of halogens is 1. The van der Waals surface area contributed by atoms with Crippen molar-refractivity contribution in [1.29, 1.82) is 0 Å². The average molecular weight is 241 g/mol. The van der Waals surface area contributed by atoms with Crippen molar-refractivity contribution in [2.45, 2.75) is 26.2 Å². The van der Waals surface area contributed by atoms with Crippen LogP contribution in [0.25, 0.3) is 0 Å². The predicted molar refractivity (Wildman–Crippen MR) is 66.5 cm³/mol. The normalized spacial score (nSPS) is 10.1. The van der Waals surface area contributed by atoms with E-state index in [9.17, 15) is 4.79 Å². The van der Waals surface area contributed by atoms with Crippen LogP contribution < -0.4 is 4.74 Å². The van der Waals surface area contributed by atoms with Gasteiger partial charge in [0.2, 0.25) is 0 Å². The monoisotopic (exact) mass is 240 g/mol. The molecule has 1 aromatic carbocycles. The molecule has 0 aliphatic carbocycles. The van der Waals surface area contributed by atoms with Gasteiger partial charge in [0.1, 0.15) is 5.75 Å². The van der Waals surface area contributed by atoms with E-state index < -0.39 is 0 Å². The van der Waals surface area contributed by atoms with Crippen LogP contribution in [0.15, 0.2) is 24.3 Å². The third kappa shape index (κ3) is 4.23. The number of carbonyl (C=O) groups is 1. The Hall–Kier alpha value is -1.02. The van der Waals surface area contributed by atoms with Gasteiger partial charge in [-0.25, -0.2) is 0 Å². The van der Waals surface area contributed by atoms with Crippen molar-refractivity contribution >= 4 is 17.4 Å².